The zero-order valence-corrected chi connectivity index (χ0v) is 61.5. The lowest BCUT2D eigenvalue weighted by Gasteiger charge is -2.12. The number of hydrogen-bond donors (Lipinski definition) is 8. The van der Waals surface area contributed by atoms with Crippen LogP contribution in [0.3, 0.4) is 0 Å². The number of nitrogen functional groups attached to an aromatic ring is 4. The number of fused-ring (bicyclic) bond motifs is 6. The number of anilines is 4. The quantitative estimate of drug-likeness (QED) is 0.0498. The summed E-state index contributed by atoms with van der Waals surface area (Å²) in [7, 11) is 0. The second-order valence-corrected chi connectivity index (χ2v) is 27.9. The van der Waals surface area contributed by atoms with Gasteiger partial charge in [0, 0.05) is 56.1 Å². The van der Waals surface area contributed by atoms with Crippen molar-refractivity contribution >= 4 is 101 Å². The molecule has 0 aliphatic rings. The van der Waals surface area contributed by atoms with E-state index in [0.717, 1.165) is 168 Å². The average molecular weight is 1490 g/mol. The molecule has 0 bridgehead atoms. The van der Waals surface area contributed by atoms with E-state index in [4.69, 9.17) is 52.8 Å². The Morgan fingerprint density at radius 2 is 0.535 bits per heavy atom. The summed E-state index contributed by atoms with van der Waals surface area (Å²) >= 11 is 0. The number of para-hydroxylation sites is 8. The predicted octanol–water partition coefficient (Wildman–Crippen LogP) is 20.2. The summed E-state index contributed by atoms with van der Waals surface area (Å²) in [6.45, 7) is 4.18. The van der Waals surface area contributed by atoms with Crippen molar-refractivity contribution in [1.82, 2.24) is 58.1 Å². The molecule has 12 N–H and O–H groups in total. The molecule has 114 heavy (non-hydrogen) atoms. The molecule has 0 unspecified atom stereocenters. The standard InChI is InChI=1S/C48H34N8.C34H22N4O4.C12H14N4/c1-29-11-25-37-41(27-29)51-45(49-37)31-17-21-35(22-18-31)55-43-9-5-3-7-39(43)53-47(55)33-13-15-34(16-14-33)48-54-40-8-4-6-10-44(40)56(48)36-23-19-32(20-24-36)46-50-38-26-12-30(2)28-42(38)52-46;39-33(40)23-13-17-25(18-14-23)37-29-7-3-1-5-27(29)35-31(37)21-9-11-22(12-10-21)32-36-28-6-2-4-8-30(28)38(32)26-19-15-24(16-20-26)34(41)42;13-9-3-1-7(5-11(9)15)8-2-4-10(14)12(16)6-8/h3-28H,1-2H3,(H,49,51)(H,50,52);1-20H,(H,39,40)(H,41,42);1-6H,13-16H2. The summed E-state index contributed by atoms with van der Waals surface area (Å²) in [6.07, 6.45) is 0. The number of aromatic nitrogens is 12. The number of aromatic carboxylic acids is 2. The van der Waals surface area contributed by atoms with Gasteiger partial charge in [-0.1, -0.05) is 121 Å². The van der Waals surface area contributed by atoms with Gasteiger partial charge in [-0.2, -0.15) is 0 Å². The molecule has 0 radical (unpaired) electrons. The molecule has 0 aliphatic carbocycles. The summed E-state index contributed by atoms with van der Waals surface area (Å²) in [5.74, 6) is 2.95. The zero-order chi connectivity index (χ0) is 77.8. The maximum atomic E-state index is 11.4. The van der Waals surface area contributed by atoms with Crippen LogP contribution in [0.2, 0.25) is 0 Å². The molecule has 0 amide bonds. The fourth-order valence-electron chi connectivity index (χ4n) is 14.5. The molecule has 20 aromatic rings. The molecule has 0 saturated heterocycles. The highest BCUT2D eigenvalue weighted by molar-refractivity contribution is 5.92. The normalized spacial score (nSPS) is 11.4. The molecule has 6 aromatic heterocycles. The van der Waals surface area contributed by atoms with E-state index in [2.05, 4.69) is 179 Å². The topological polar surface area (TPSA) is 307 Å². The molecule has 20 rings (SSSR count). The van der Waals surface area contributed by atoms with Gasteiger partial charge in [0.1, 0.15) is 34.9 Å². The van der Waals surface area contributed by atoms with Gasteiger partial charge in [0.05, 0.1) is 100 Å². The predicted molar refractivity (Wildman–Crippen MR) is 456 cm³/mol. The van der Waals surface area contributed by atoms with Gasteiger partial charge in [0.15, 0.2) is 0 Å². The highest BCUT2D eigenvalue weighted by atomic mass is 16.4. The van der Waals surface area contributed by atoms with Crippen molar-refractivity contribution in [3.8, 4) is 102 Å². The average Bonchev–Trinajstić information content (AvgIpc) is 1.61. The number of nitrogens with two attached hydrogens (primary N) is 4. The number of hydrogen-bond acceptors (Lipinski definition) is 12. The van der Waals surface area contributed by atoms with E-state index in [-0.39, 0.29) is 11.1 Å². The highest BCUT2D eigenvalue weighted by Crippen LogP contribution is 2.38. The van der Waals surface area contributed by atoms with E-state index < -0.39 is 11.9 Å². The fraction of sp³-hybridized carbons (Fsp3) is 0.0213. The molecule has 0 aliphatic heterocycles. The van der Waals surface area contributed by atoms with Crippen molar-refractivity contribution in [2.45, 2.75) is 13.8 Å². The summed E-state index contributed by atoms with van der Waals surface area (Å²) in [6, 6.07) is 103. The van der Waals surface area contributed by atoms with Gasteiger partial charge in [-0.15, -0.1) is 0 Å². The molecule has 14 aromatic carbocycles. The van der Waals surface area contributed by atoms with Crippen LogP contribution in [0.5, 0.6) is 0 Å². The van der Waals surface area contributed by atoms with Gasteiger partial charge in [-0.05, 0) is 230 Å². The first-order valence-corrected chi connectivity index (χ1v) is 36.8. The van der Waals surface area contributed by atoms with E-state index in [1.165, 1.54) is 11.1 Å². The Morgan fingerprint density at radius 1 is 0.272 bits per heavy atom. The van der Waals surface area contributed by atoms with E-state index in [1.807, 2.05) is 118 Å². The number of H-pyrrole nitrogens is 2. The summed E-state index contributed by atoms with van der Waals surface area (Å²) in [5, 5.41) is 18.7. The molecular formula is C94H70N16O4. The van der Waals surface area contributed by atoms with Crippen LogP contribution in [-0.2, 0) is 0 Å². The first kappa shape index (κ1) is 69.8. The molecule has 0 spiro atoms. The number of carboxylic acids is 2. The molecule has 20 heteroatoms. The molecule has 0 atom stereocenters. The number of rotatable bonds is 13. The maximum Gasteiger partial charge on any atom is 0.335 e. The SMILES string of the molecule is Cc1ccc2[nH]c(-c3ccc(-n4c(-c5ccc(-c6nc7ccccc7n6-c6ccc(-c7nc8cc(C)ccc8[nH]7)cc6)cc5)nc5ccccc54)cc3)nc2c1.Nc1ccc(-c2ccc(N)c(N)c2)cc1N.O=C(O)c1ccc(-n2c(-c3ccc(-c4nc5ccccc5n4-c4ccc(C(=O)O)cc4)cc3)nc3ccccc32)cc1. The summed E-state index contributed by atoms with van der Waals surface area (Å²) in [4.78, 5) is 59.6. The van der Waals surface area contributed by atoms with Gasteiger partial charge in [-0.3, -0.25) is 18.3 Å². The second-order valence-electron chi connectivity index (χ2n) is 27.9. The molecule has 0 fully saturated rings. The van der Waals surface area contributed by atoms with Crippen molar-refractivity contribution in [2.75, 3.05) is 22.9 Å². The van der Waals surface area contributed by atoms with E-state index in [1.54, 1.807) is 60.7 Å². The molecule has 550 valence electrons. The minimum Gasteiger partial charge on any atom is -0.478 e. The second kappa shape index (κ2) is 28.9. The number of aromatic amines is 2. The Kier molecular flexibility index (Phi) is 17.7. The van der Waals surface area contributed by atoms with Crippen LogP contribution in [0, 0.1) is 13.8 Å². The molecular weight excluding hydrogens is 1420 g/mol. The van der Waals surface area contributed by atoms with Gasteiger partial charge >= 0.3 is 11.9 Å². The van der Waals surface area contributed by atoms with Crippen molar-refractivity contribution < 1.29 is 19.8 Å². The van der Waals surface area contributed by atoms with Crippen LogP contribution in [-0.4, -0.2) is 80.3 Å². The maximum absolute atomic E-state index is 11.4. The minimum atomic E-state index is -0.975. The number of nitrogens with zero attached hydrogens (tertiary/aromatic N) is 10. The third-order valence-corrected chi connectivity index (χ3v) is 20.4. The lowest BCUT2D eigenvalue weighted by atomic mass is 10.0. The largest absolute Gasteiger partial charge is 0.478 e. The van der Waals surface area contributed by atoms with Crippen LogP contribution in [0.15, 0.2) is 315 Å². The lowest BCUT2D eigenvalue weighted by Crippen LogP contribution is -2.01. The number of carboxylic acid groups (broad SMARTS) is 2. The number of benzene rings is 14. The number of nitrogens with one attached hydrogen (secondary N) is 2. The summed E-state index contributed by atoms with van der Waals surface area (Å²) < 4.78 is 8.51. The van der Waals surface area contributed by atoms with Crippen LogP contribution < -0.4 is 22.9 Å². The minimum absolute atomic E-state index is 0.217. The Labute approximate surface area is 651 Å². The zero-order valence-electron chi connectivity index (χ0n) is 61.5. The first-order chi connectivity index (χ1) is 55.6. The number of imidazole rings is 6. The van der Waals surface area contributed by atoms with Crippen LogP contribution in [0.4, 0.5) is 22.7 Å². The van der Waals surface area contributed by atoms with Crippen molar-refractivity contribution in [3.05, 3.63) is 338 Å². The van der Waals surface area contributed by atoms with Crippen LogP contribution >= 0.6 is 0 Å². The van der Waals surface area contributed by atoms with Gasteiger partial charge in [0.25, 0.3) is 0 Å². The van der Waals surface area contributed by atoms with Gasteiger partial charge < -0.3 is 43.1 Å². The van der Waals surface area contributed by atoms with Gasteiger partial charge in [0.2, 0.25) is 0 Å². The molecule has 20 nitrogen and oxygen atoms in total. The van der Waals surface area contributed by atoms with Crippen LogP contribution in [0.1, 0.15) is 31.8 Å². The van der Waals surface area contributed by atoms with E-state index >= 15 is 0 Å². The Hall–Kier alpha value is -16.0. The first-order valence-electron chi connectivity index (χ1n) is 36.8. The lowest BCUT2D eigenvalue weighted by molar-refractivity contribution is 0.0686. The Balaban J connectivity index is 0.000000136. The highest BCUT2D eigenvalue weighted by Gasteiger charge is 2.22. The third kappa shape index (κ3) is 13.2. The smallest absolute Gasteiger partial charge is 0.335 e. The van der Waals surface area contributed by atoms with Crippen molar-refractivity contribution in [1.29, 1.82) is 0 Å². The molecule has 6 heterocycles. The fourth-order valence-corrected chi connectivity index (χ4v) is 14.5. The molecule has 0 saturated carbocycles. The number of aryl methyl sites for hydroxylation is 2. The van der Waals surface area contributed by atoms with Crippen molar-refractivity contribution in [3.63, 3.8) is 0 Å². The number of carbonyl (C=O) groups is 2. The van der Waals surface area contributed by atoms with E-state index in [0.29, 0.717) is 22.7 Å². The van der Waals surface area contributed by atoms with Gasteiger partial charge in [-0.25, -0.2) is 39.5 Å². The summed E-state index contributed by atoms with van der Waals surface area (Å²) in [5.41, 5.74) is 50.8. The van der Waals surface area contributed by atoms with Crippen molar-refractivity contribution in [2.24, 2.45) is 0 Å². The Bertz CT molecular complexity index is 6670. The monoisotopic (exact) mass is 1490 g/mol. The third-order valence-electron chi connectivity index (χ3n) is 20.4. The Morgan fingerprint density at radius 3 is 0.816 bits per heavy atom. The van der Waals surface area contributed by atoms with Crippen LogP contribution in [0.25, 0.3) is 168 Å². The van der Waals surface area contributed by atoms with E-state index in [9.17, 15) is 19.8 Å².